The Hall–Kier alpha value is -0.610. The van der Waals surface area contributed by atoms with Gasteiger partial charge in [-0.25, -0.2) is 0 Å². The Bertz CT molecular complexity index is 241. The minimum absolute atomic E-state index is 0.0875. The van der Waals surface area contributed by atoms with Crippen molar-refractivity contribution in [2.24, 2.45) is 0 Å². The minimum atomic E-state index is -0.259. The second-order valence-electron chi connectivity index (χ2n) is 4.23. The van der Waals surface area contributed by atoms with Crippen molar-refractivity contribution < 1.29 is 19.0 Å². The molecule has 0 bridgehead atoms. The van der Waals surface area contributed by atoms with Crippen molar-refractivity contribution in [1.82, 2.24) is 0 Å². The van der Waals surface area contributed by atoms with Crippen LogP contribution in [0.5, 0.6) is 0 Å². The van der Waals surface area contributed by atoms with Crippen LogP contribution in [0.2, 0.25) is 0 Å². The van der Waals surface area contributed by atoms with Gasteiger partial charge in [-0.15, -0.1) is 0 Å². The maximum Gasteiger partial charge on any atom is 0.303 e. The molecule has 4 heteroatoms. The van der Waals surface area contributed by atoms with Crippen LogP contribution >= 0.6 is 0 Å². The van der Waals surface area contributed by atoms with E-state index in [2.05, 4.69) is 6.92 Å². The molecule has 0 amide bonds. The zero-order chi connectivity index (χ0) is 10.8. The van der Waals surface area contributed by atoms with Gasteiger partial charge in [0, 0.05) is 6.92 Å². The Morgan fingerprint density at radius 1 is 1.47 bits per heavy atom. The number of carbonyl (C=O) groups excluding carboxylic acids is 1. The third-order valence-corrected chi connectivity index (χ3v) is 2.93. The first kappa shape index (κ1) is 10.9. The Balaban J connectivity index is 1.78. The van der Waals surface area contributed by atoms with E-state index in [0.29, 0.717) is 6.61 Å². The summed E-state index contributed by atoms with van der Waals surface area (Å²) in [6.45, 7) is 4.06. The lowest BCUT2D eigenvalue weighted by Gasteiger charge is -2.24. The van der Waals surface area contributed by atoms with E-state index in [1.807, 2.05) is 0 Å². The van der Waals surface area contributed by atoms with Gasteiger partial charge in [0.2, 0.25) is 0 Å². The van der Waals surface area contributed by atoms with Gasteiger partial charge < -0.3 is 14.2 Å². The lowest BCUT2D eigenvalue weighted by Crippen LogP contribution is -2.39. The highest BCUT2D eigenvalue weighted by atomic mass is 16.7. The first-order chi connectivity index (χ1) is 7.22. The standard InChI is InChI=1S/C11H18O4/c1-3-4-5-8-10-11(15-10)9(6-13-8)14-7(2)12/h8-11H,3-6H2,1-2H3/t8-,9-,10-,11+/m0/s1. The molecule has 0 aromatic carbocycles. The molecule has 0 N–H and O–H groups in total. The second-order valence-corrected chi connectivity index (χ2v) is 4.23. The average Bonchev–Trinajstić information content (AvgIpc) is 2.96. The molecule has 0 unspecified atom stereocenters. The molecule has 2 saturated heterocycles. The summed E-state index contributed by atoms with van der Waals surface area (Å²) in [6.07, 6.45) is 3.65. The molecule has 4 nitrogen and oxygen atoms in total. The second kappa shape index (κ2) is 4.49. The van der Waals surface area contributed by atoms with Gasteiger partial charge in [0.15, 0.2) is 6.10 Å². The molecule has 2 heterocycles. The fourth-order valence-corrected chi connectivity index (χ4v) is 2.11. The molecule has 2 aliphatic rings. The number of unbranched alkanes of at least 4 members (excludes halogenated alkanes) is 1. The number of ether oxygens (including phenoxy) is 3. The van der Waals surface area contributed by atoms with Crippen molar-refractivity contribution >= 4 is 5.97 Å². The van der Waals surface area contributed by atoms with Gasteiger partial charge in [-0.05, 0) is 6.42 Å². The molecule has 0 aromatic rings. The predicted molar refractivity (Wildman–Crippen MR) is 53.5 cm³/mol. The number of hydrogen-bond acceptors (Lipinski definition) is 4. The molecule has 2 aliphatic heterocycles. The van der Waals surface area contributed by atoms with Gasteiger partial charge in [0.25, 0.3) is 0 Å². The average molecular weight is 214 g/mol. The summed E-state index contributed by atoms with van der Waals surface area (Å²) in [4.78, 5) is 10.8. The summed E-state index contributed by atoms with van der Waals surface area (Å²) in [6, 6.07) is 0. The van der Waals surface area contributed by atoms with Gasteiger partial charge in [0.05, 0.1) is 12.7 Å². The molecule has 0 aliphatic carbocycles. The highest BCUT2D eigenvalue weighted by Gasteiger charge is 2.54. The number of esters is 1. The molecule has 0 saturated carbocycles. The molecule has 0 radical (unpaired) electrons. The summed E-state index contributed by atoms with van der Waals surface area (Å²) in [5.74, 6) is -0.259. The van der Waals surface area contributed by atoms with Gasteiger partial charge in [-0.1, -0.05) is 19.8 Å². The third-order valence-electron chi connectivity index (χ3n) is 2.93. The fourth-order valence-electron chi connectivity index (χ4n) is 2.11. The van der Waals surface area contributed by atoms with E-state index in [9.17, 15) is 4.79 Å². The lowest BCUT2D eigenvalue weighted by atomic mass is 10.0. The number of epoxide rings is 1. The van der Waals surface area contributed by atoms with Crippen molar-refractivity contribution in [1.29, 1.82) is 0 Å². The van der Waals surface area contributed by atoms with Crippen LogP contribution in [0, 0.1) is 0 Å². The zero-order valence-corrected chi connectivity index (χ0v) is 9.27. The van der Waals surface area contributed by atoms with Crippen molar-refractivity contribution in [3.8, 4) is 0 Å². The third kappa shape index (κ3) is 2.49. The first-order valence-electron chi connectivity index (χ1n) is 5.66. The van der Waals surface area contributed by atoms with E-state index in [-0.39, 0.29) is 30.4 Å². The quantitative estimate of drug-likeness (QED) is 0.522. The Morgan fingerprint density at radius 3 is 2.93 bits per heavy atom. The van der Waals surface area contributed by atoms with Crippen LogP contribution in [0.1, 0.15) is 33.1 Å². The SMILES string of the molecule is CCCC[C@@H]1OC[C@H](OC(C)=O)[C@H]2O[C@H]21. The van der Waals surface area contributed by atoms with Crippen LogP contribution in [0.3, 0.4) is 0 Å². The van der Waals surface area contributed by atoms with Crippen LogP contribution in [0.25, 0.3) is 0 Å². The molecule has 2 rings (SSSR count). The van der Waals surface area contributed by atoms with E-state index in [1.54, 1.807) is 0 Å². The summed E-state index contributed by atoms with van der Waals surface area (Å²) < 4.78 is 16.3. The van der Waals surface area contributed by atoms with Crippen LogP contribution in [-0.4, -0.2) is 37.0 Å². The van der Waals surface area contributed by atoms with Gasteiger partial charge in [-0.3, -0.25) is 4.79 Å². The lowest BCUT2D eigenvalue weighted by molar-refractivity contribution is -0.153. The molecule has 2 fully saturated rings. The number of hydrogen-bond donors (Lipinski definition) is 0. The molecular formula is C11H18O4. The Morgan fingerprint density at radius 2 is 2.27 bits per heavy atom. The van der Waals surface area contributed by atoms with Gasteiger partial charge in [-0.2, -0.15) is 0 Å². The van der Waals surface area contributed by atoms with E-state index in [0.717, 1.165) is 12.8 Å². The minimum Gasteiger partial charge on any atom is -0.457 e. The van der Waals surface area contributed by atoms with Gasteiger partial charge >= 0.3 is 5.97 Å². The summed E-state index contributed by atoms with van der Waals surface area (Å²) in [5.41, 5.74) is 0. The zero-order valence-electron chi connectivity index (χ0n) is 9.27. The van der Waals surface area contributed by atoms with E-state index >= 15 is 0 Å². The largest absolute Gasteiger partial charge is 0.457 e. The van der Waals surface area contributed by atoms with E-state index in [1.165, 1.54) is 13.3 Å². The molecule has 4 atom stereocenters. The normalized spacial score (nSPS) is 38.3. The molecule has 0 spiro atoms. The summed E-state index contributed by atoms with van der Waals surface area (Å²) >= 11 is 0. The summed E-state index contributed by atoms with van der Waals surface area (Å²) in [5, 5.41) is 0. The topological polar surface area (TPSA) is 48.1 Å². The monoisotopic (exact) mass is 214 g/mol. The number of rotatable bonds is 4. The van der Waals surface area contributed by atoms with Crippen LogP contribution in [-0.2, 0) is 19.0 Å². The highest BCUT2D eigenvalue weighted by Crippen LogP contribution is 2.37. The van der Waals surface area contributed by atoms with Crippen LogP contribution < -0.4 is 0 Å². The first-order valence-corrected chi connectivity index (χ1v) is 5.66. The number of carbonyl (C=O) groups is 1. The van der Waals surface area contributed by atoms with Gasteiger partial charge in [0.1, 0.15) is 12.2 Å². The van der Waals surface area contributed by atoms with Crippen molar-refractivity contribution in [3.05, 3.63) is 0 Å². The van der Waals surface area contributed by atoms with Crippen molar-refractivity contribution in [3.63, 3.8) is 0 Å². The molecular weight excluding hydrogens is 196 g/mol. The molecule has 86 valence electrons. The van der Waals surface area contributed by atoms with E-state index in [4.69, 9.17) is 14.2 Å². The molecule has 0 aromatic heterocycles. The van der Waals surface area contributed by atoms with Crippen molar-refractivity contribution in [2.45, 2.75) is 57.5 Å². The van der Waals surface area contributed by atoms with Crippen LogP contribution in [0.15, 0.2) is 0 Å². The highest BCUT2D eigenvalue weighted by molar-refractivity contribution is 5.66. The Kier molecular flexibility index (Phi) is 3.26. The van der Waals surface area contributed by atoms with E-state index < -0.39 is 0 Å². The van der Waals surface area contributed by atoms with Crippen molar-refractivity contribution in [2.75, 3.05) is 6.61 Å². The van der Waals surface area contributed by atoms with Crippen LogP contribution in [0.4, 0.5) is 0 Å². The fraction of sp³-hybridized carbons (Fsp3) is 0.909. The summed E-state index contributed by atoms with van der Waals surface area (Å²) in [7, 11) is 0. The Labute approximate surface area is 89.9 Å². The molecule has 15 heavy (non-hydrogen) atoms. The smallest absolute Gasteiger partial charge is 0.303 e. The maximum absolute atomic E-state index is 10.8. The maximum atomic E-state index is 10.8. The predicted octanol–water partition coefficient (Wildman–Crippen LogP) is 1.27. The number of fused-ring (bicyclic) bond motifs is 1.